The van der Waals surface area contributed by atoms with Crippen molar-refractivity contribution in [3.63, 3.8) is 0 Å². The third-order valence-corrected chi connectivity index (χ3v) is 9.88. The SMILES string of the molecule is C=C([C@@H](c1ccccc1)[C@H](O)c1c(C)cc(C)cc1C)[Si](C)(C)c1ccccc1. The molecule has 0 fully saturated rings. The molecule has 0 aliphatic rings. The molecule has 29 heavy (non-hydrogen) atoms. The van der Waals surface area contributed by atoms with Crippen LogP contribution in [0.3, 0.4) is 0 Å². The Hall–Kier alpha value is -2.42. The maximum Gasteiger partial charge on any atom is 0.107 e. The Morgan fingerprint density at radius 1 is 0.828 bits per heavy atom. The second-order valence-electron chi connectivity index (χ2n) is 8.66. The summed E-state index contributed by atoms with van der Waals surface area (Å²) in [5, 5.41) is 14.2. The van der Waals surface area contributed by atoms with Crippen LogP contribution in [0.2, 0.25) is 13.1 Å². The third kappa shape index (κ3) is 4.29. The molecule has 2 heteroatoms. The lowest BCUT2D eigenvalue weighted by Gasteiger charge is -2.36. The van der Waals surface area contributed by atoms with Gasteiger partial charge in [0.25, 0.3) is 0 Å². The summed E-state index contributed by atoms with van der Waals surface area (Å²) in [7, 11) is -2.02. The van der Waals surface area contributed by atoms with E-state index in [9.17, 15) is 5.11 Å². The zero-order chi connectivity index (χ0) is 21.2. The third-order valence-electron chi connectivity index (χ3n) is 6.18. The summed E-state index contributed by atoms with van der Waals surface area (Å²) in [6.07, 6.45) is -0.624. The number of aryl methyl sites for hydroxylation is 3. The molecule has 0 bridgehead atoms. The number of rotatable bonds is 6. The van der Waals surface area contributed by atoms with Gasteiger partial charge < -0.3 is 5.11 Å². The highest BCUT2D eigenvalue weighted by molar-refractivity contribution is 6.95. The lowest BCUT2D eigenvalue weighted by Crippen LogP contribution is -2.46. The molecule has 1 nitrogen and oxygen atoms in total. The zero-order valence-corrected chi connectivity index (χ0v) is 19.2. The summed E-state index contributed by atoms with van der Waals surface area (Å²) >= 11 is 0. The largest absolute Gasteiger partial charge is 0.387 e. The summed E-state index contributed by atoms with van der Waals surface area (Å²) < 4.78 is 0. The average molecular weight is 401 g/mol. The van der Waals surface area contributed by atoms with Gasteiger partial charge >= 0.3 is 0 Å². The van der Waals surface area contributed by atoms with E-state index in [1.54, 1.807) is 0 Å². The molecule has 0 amide bonds. The highest BCUT2D eigenvalue weighted by Gasteiger charge is 2.37. The standard InChI is InChI=1S/C27H32OSi/c1-19-17-20(2)25(21(3)18-19)27(28)26(23-13-9-7-10-14-23)22(4)29(5,6)24-15-11-8-12-16-24/h7-18,26-28H,4H2,1-3,5-6H3/t26-,27+/m0/s1. The summed E-state index contributed by atoms with van der Waals surface area (Å²) in [5.74, 6) is -0.141. The molecule has 0 saturated heterocycles. The maximum absolute atomic E-state index is 11.7. The number of aliphatic hydroxyl groups is 1. The van der Waals surface area contributed by atoms with Crippen LogP contribution in [0.25, 0.3) is 0 Å². The van der Waals surface area contributed by atoms with Gasteiger partial charge in [0, 0.05) is 5.92 Å². The first-order valence-electron chi connectivity index (χ1n) is 10.3. The minimum absolute atomic E-state index is 0.141. The minimum atomic E-state index is -2.02. The van der Waals surface area contributed by atoms with Crippen LogP contribution >= 0.6 is 0 Å². The molecule has 0 aliphatic heterocycles. The Kier molecular flexibility index (Phi) is 6.26. The van der Waals surface area contributed by atoms with E-state index in [-0.39, 0.29) is 5.92 Å². The van der Waals surface area contributed by atoms with Gasteiger partial charge in [0.05, 0.1) is 6.10 Å². The van der Waals surface area contributed by atoms with Gasteiger partial charge in [-0.25, -0.2) is 0 Å². The van der Waals surface area contributed by atoms with Gasteiger partial charge in [-0.1, -0.05) is 102 Å². The van der Waals surface area contributed by atoms with Gasteiger partial charge in [-0.05, 0) is 43.0 Å². The molecule has 0 heterocycles. The quantitative estimate of drug-likeness (QED) is 0.493. The van der Waals surface area contributed by atoms with E-state index in [2.05, 4.69) is 95.0 Å². The summed E-state index contributed by atoms with van der Waals surface area (Å²) in [6, 6.07) is 25.3. The molecule has 0 unspecified atom stereocenters. The summed E-state index contributed by atoms with van der Waals surface area (Å²) in [4.78, 5) is 0. The van der Waals surface area contributed by atoms with Crippen molar-refractivity contribution in [3.8, 4) is 0 Å². The van der Waals surface area contributed by atoms with Crippen molar-refractivity contribution in [2.24, 2.45) is 0 Å². The van der Waals surface area contributed by atoms with Gasteiger partial charge in [0.15, 0.2) is 0 Å². The molecule has 150 valence electrons. The van der Waals surface area contributed by atoms with Crippen LogP contribution in [0.15, 0.2) is 84.6 Å². The van der Waals surface area contributed by atoms with E-state index >= 15 is 0 Å². The van der Waals surface area contributed by atoms with E-state index in [1.807, 2.05) is 18.2 Å². The van der Waals surface area contributed by atoms with Crippen molar-refractivity contribution in [2.75, 3.05) is 0 Å². The number of aliphatic hydroxyl groups excluding tert-OH is 1. The normalized spacial score (nSPS) is 13.7. The Labute approximate surface area is 176 Å². The van der Waals surface area contributed by atoms with Crippen LogP contribution < -0.4 is 5.19 Å². The monoisotopic (exact) mass is 400 g/mol. The molecule has 0 aliphatic carbocycles. The lowest BCUT2D eigenvalue weighted by molar-refractivity contribution is 0.158. The first-order chi connectivity index (χ1) is 13.7. The molecule has 3 aromatic carbocycles. The molecule has 2 atom stereocenters. The smallest absolute Gasteiger partial charge is 0.107 e. The number of benzene rings is 3. The fraction of sp³-hybridized carbons (Fsp3) is 0.259. The average Bonchev–Trinajstić information content (AvgIpc) is 2.69. The number of hydrogen-bond donors (Lipinski definition) is 1. The van der Waals surface area contributed by atoms with E-state index in [4.69, 9.17) is 0 Å². The van der Waals surface area contributed by atoms with Crippen molar-refractivity contribution in [1.29, 1.82) is 0 Å². The Morgan fingerprint density at radius 2 is 1.31 bits per heavy atom. The van der Waals surface area contributed by atoms with Gasteiger partial charge in [-0.2, -0.15) is 0 Å². The number of hydrogen-bond acceptors (Lipinski definition) is 1. The molecule has 3 aromatic rings. The van der Waals surface area contributed by atoms with E-state index in [0.29, 0.717) is 0 Å². The first kappa shape index (κ1) is 21.3. The van der Waals surface area contributed by atoms with Crippen molar-refractivity contribution in [3.05, 3.63) is 112 Å². The van der Waals surface area contributed by atoms with Gasteiger partial charge in [-0.15, -0.1) is 6.58 Å². The molecule has 0 saturated carbocycles. The van der Waals surface area contributed by atoms with E-state index in [0.717, 1.165) is 27.5 Å². The molecular weight excluding hydrogens is 368 g/mol. The molecule has 3 rings (SSSR count). The van der Waals surface area contributed by atoms with Gasteiger partial charge in [0.1, 0.15) is 8.07 Å². The van der Waals surface area contributed by atoms with Crippen molar-refractivity contribution in [1.82, 2.24) is 0 Å². The van der Waals surface area contributed by atoms with Gasteiger partial charge in [0.2, 0.25) is 0 Å². The minimum Gasteiger partial charge on any atom is -0.387 e. The molecular formula is C27H32OSi. The zero-order valence-electron chi connectivity index (χ0n) is 18.2. The Balaban J connectivity index is 2.13. The molecule has 0 aromatic heterocycles. The lowest BCUT2D eigenvalue weighted by atomic mass is 9.84. The predicted octanol–water partition coefficient (Wildman–Crippen LogP) is 6.14. The fourth-order valence-electron chi connectivity index (χ4n) is 4.49. The molecule has 0 radical (unpaired) electrons. The molecule has 1 N–H and O–H groups in total. The topological polar surface area (TPSA) is 20.2 Å². The Bertz CT molecular complexity index is 967. The van der Waals surface area contributed by atoms with E-state index < -0.39 is 14.2 Å². The summed E-state index contributed by atoms with van der Waals surface area (Å²) in [5.41, 5.74) is 5.67. The van der Waals surface area contributed by atoms with Gasteiger partial charge in [-0.3, -0.25) is 0 Å². The fourth-order valence-corrected chi connectivity index (χ4v) is 6.99. The second kappa shape index (κ2) is 8.52. The maximum atomic E-state index is 11.7. The Morgan fingerprint density at radius 3 is 1.83 bits per heavy atom. The predicted molar refractivity (Wildman–Crippen MR) is 127 cm³/mol. The van der Waals surface area contributed by atoms with Crippen LogP contribution in [0.5, 0.6) is 0 Å². The highest BCUT2D eigenvalue weighted by atomic mass is 28.3. The van der Waals surface area contributed by atoms with Crippen molar-refractivity contribution in [2.45, 2.75) is 45.9 Å². The van der Waals surface area contributed by atoms with Crippen LogP contribution in [0.1, 0.15) is 39.8 Å². The van der Waals surface area contributed by atoms with Crippen molar-refractivity contribution < 1.29 is 5.11 Å². The van der Waals surface area contributed by atoms with Crippen molar-refractivity contribution >= 4 is 13.3 Å². The van der Waals surface area contributed by atoms with Crippen LogP contribution in [0, 0.1) is 20.8 Å². The van der Waals surface area contributed by atoms with E-state index in [1.165, 1.54) is 10.8 Å². The second-order valence-corrected chi connectivity index (χ2v) is 13.1. The van der Waals surface area contributed by atoms with Crippen LogP contribution in [0.4, 0.5) is 0 Å². The molecule has 0 spiro atoms. The van der Waals surface area contributed by atoms with Crippen LogP contribution in [-0.4, -0.2) is 13.2 Å². The summed E-state index contributed by atoms with van der Waals surface area (Å²) in [6.45, 7) is 15.6. The highest BCUT2D eigenvalue weighted by Crippen LogP contribution is 2.42. The van der Waals surface area contributed by atoms with Crippen LogP contribution in [-0.2, 0) is 0 Å². The first-order valence-corrected chi connectivity index (χ1v) is 13.3.